The molecular weight excluding hydrogens is 318 g/mol. The van der Waals surface area contributed by atoms with Crippen molar-refractivity contribution in [1.29, 1.82) is 0 Å². The molecule has 0 spiro atoms. The quantitative estimate of drug-likeness (QED) is 0.911. The van der Waals surface area contributed by atoms with E-state index < -0.39 is 0 Å². The molecule has 1 aromatic rings. The number of carbonyl (C=O) groups is 1. The summed E-state index contributed by atoms with van der Waals surface area (Å²) in [6.07, 6.45) is 1.04. The van der Waals surface area contributed by atoms with E-state index in [0.717, 1.165) is 37.8 Å². The van der Waals surface area contributed by atoms with Crippen LogP contribution in [-0.2, 0) is 11.2 Å². The van der Waals surface area contributed by atoms with Gasteiger partial charge in [0.2, 0.25) is 0 Å². The summed E-state index contributed by atoms with van der Waals surface area (Å²) in [6.45, 7) is 12.1. The van der Waals surface area contributed by atoms with Crippen LogP contribution in [0.4, 0.5) is 0 Å². The molecule has 0 bridgehead atoms. The number of aliphatic imine (C=N–C) groups is 1. The number of piperazine rings is 1. The highest BCUT2D eigenvalue weighted by molar-refractivity contribution is 8.15. The molecule has 1 saturated heterocycles. The second-order valence-corrected chi connectivity index (χ2v) is 7.00. The summed E-state index contributed by atoms with van der Waals surface area (Å²) in [6, 6.07) is 8.63. The van der Waals surface area contributed by atoms with Crippen molar-refractivity contribution in [2.24, 2.45) is 4.99 Å². The van der Waals surface area contributed by atoms with Crippen molar-refractivity contribution in [1.82, 2.24) is 10.2 Å². The minimum atomic E-state index is -0.0858. The highest BCUT2D eigenvalue weighted by Gasteiger charge is 2.36. The number of amidine groups is 1. The monoisotopic (exact) mass is 347 g/mol. The van der Waals surface area contributed by atoms with Crippen molar-refractivity contribution in [3.63, 3.8) is 0 Å². The Hall–Kier alpha value is -1.33. The Kier molecular flexibility index (Phi) is 7.31. The Bertz CT molecular complexity index is 564. The van der Waals surface area contributed by atoms with E-state index >= 15 is 0 Å². The zero-order valence-electron chi connectivity index (χ0n) is 15.2. The second-order valence-electron chi connectivity index (χ2n) is 5.89. The molecule has 24 heavy (non-hydrogen) atoms. The first-order valence-corrected chi connectivity index (χ1v) is 9.90. The van der Waals surface area contributed by atoms with Crippen LogP contribution in [0.25, 0.3) is 0 Å². The van der Waals surface area contributed by atoms with E-state index in [9.17, 15) is 4.79 Å². The Morgan fingerprint density at radius 1 is 1.25 bits per heavy atom. The zero-order chi connectivity index (χ0) is 17.5. The zero-order valence-corrected chi connectivity index (χ0v) is 16.0. The largest absolute Gasteiger partial charge is 0.349 e. The average Bonchev–Trinajstić information content (AvgIpc) is 3.05. The predicted molar refractivity (Wildman–Crippen MR) is 104 cm³/mol. The molecule has 1 amide bonds. The molecule has 0 saturated carbocycles. The van der Waals surface area contributed by atoms with Crippen LogP contribution in [0.15, 0.2) is 29.3 Å². The lowest BCUT2D eigenvalue weighted by molar-refractivity contribution is -0.117. The van der Waals surface area contributed by atoms with E-state index in [4.69, 9.17) is 0 Å². The van der Waals surface area contributed by atoms with Gasteiger partial charge in [0.25, 0.3) is 5.91 Å². The van der Waals surface area contributed by atoms with Crippen LogP contribution < -0.4 is 5.32 Å². The molecule has 0 aliphatic carbocycles. The minimum Gasteiger partial charge on any atom is -0.349 e. The SMILES string of the molecule is CC.CCc1ccc(C(C)C2SC(N3CCNCC3)=NC2=O)cc1. The Morgan fingerprint density at radius 3 is 2.46 bits per heavy atom. The van der Waals surface area contributed by atoms with Gasteiger partial charge in [0.15, 0.2) is 5.17 Å². The van der Waals surface area contributed by atoms with Gasteiger partial charge in [-0.1, -0.05) is 63.7 Å². The van der Waals surface area contributed by atoms with Gasteiger partial charge < -0.3 is 10.2 Å². The number of nitrogens with one attached hydrogen (secondary N) is 1. The van der Waals surface area contributed by atoms with Gasteiger partial charge in [0, 0.05) is 32.1 Å². The maximum Gasteiger partial charge on any atom is 0.262 e. The van der Waals surface area contributed by atoms with Crippen molar-refractivity contribution in [2.75, 3.05) is 26.2 Å². The molecule has 2 unspecified atom stereocenters. The Balaban J connectivity index is 0.00000100. The van der Waals surface area contributed by atoms with Gasteiger partial charge in [-0.2, -0.15) is 4.99 Å². The van der Waals surface area contributed by atoms with Crippen molar-refractivity contribution in [3.8, 4) is 0 Å². The number of rotatable bonds is 3. The maximum atomic E-state index is 12.3. The summed E-state index contributed by atoms with van der Waals surface area (Å²) in [7, 11) is 0. The van der Waals surface area contributed by atoms with Gasteiger partial charge in [-0.25, -0.2) is 0 Å². The lowest BCUT2D eigenvalue weighted by Gasteiger charge is -2.28. The van der Waals surface area contributed by atoms with Crippen molar-refractivity contribution < 1.29 is 4.79 Å². The molecule has 2 aliphatic rings. The molecule has 2 heterocycles. The third kappa shape index (κ3) is 4.39. The molecule has 1 aromatic carbocycles. The highest BCUT2D eigenvalue weighted by atomic mass is 32.2. The number of nitrogens with zero attached hydrogens (tertiary/aromatic N) is 2. The summed E-state index contributed by atoms with van der Waals surface area (Å²) in [5.41, 5.74) is 2.55. The molecule has 132 valence electrons. The fourth-order valence-electron chi connectivity index (χ4n) is 2.90. The first-order valence-electron chi connectivity index (χ1n) is 9.02. The van der Waals surface area contributed by atoms with Crippen LogP contribution in [0.5, 0.6) is 0 Å². The van der Waals surface area contributed by atoms with Crippen molar-refractivity contribution in [2.45, 2.75) is 45.3 Å². The van der Waals surface area contributed by atoms with Crippen LogP contribution in [0.3, 0.4) is 0 Å². The molecule has 1 N–H and O–H groups in total. The van der Waals surface area contributed by atoms with E-state index in [2.05, 4.69) is 53.3 Å². The van der Waals surface area contributed by atoms with Gasteiger partial charge in [-0.15, -0.1) is 0 Å². The lowest BCUT2D eigenvalue weighted by atomic mass is 9.95. The molecule has 2 atom stereocenters. The molecule has 1 fully saturated rings. The van der Waals surface area contributed by atoms with Crippen molar-refractivity contribution in [3.05, 3.63) is 35.4 Å². The predicted octanol–water partition coefficient (Wildman–Crippen LogP) is 3.28. The van der Waals surface area contributed by atoms with E-state index in [1.165, 1.54) is 11.1 Å². The summed E-state index contributed by atoms with van der Waals surface area (Å²) in [4.78, 5) is 18.9. The highest BCUT2D eigenvalue weighted by Crippen LogP contribution is 2.35. The number of hydrogen-bond acceptors (Lipinski definition) is 4. The maximum absolute atomic E-state index is 12.3. The molecule has 0 aromatic heterocycles. The molecule has 5 heteroatoms. The molecule has 2 aliphatic heterocycles. The minimum absolute atomic E-state index is 0.0191. The van der Waals surface area contributed by atoms with Gasteiger partial charge in [-0.05, 0) is 17.5 Å². The first kappa shape index (κ1) is 19.0. The molecule has 4 nitrogen and oxygen atoms in total. The lowest BCUT2D eigenvalue weighted by Crippen LogP contribution is -2.45. The van der Waals surface area contributed by atoms with Crippen molar-refractivity contribution >= 4 is 22.8 Å². The van der Waals surface area contributed by atoms with Crippen LogP contribution in [-0.4, -0.2) is 47.4 Å². The number of carbonyl (C=O) groups excluding carboxylic acids is 1. The van der Waals surface area contributed by atoms with Gasteiger partial charge in [-0.3, -0.25) is 4.79 Å². The summed E-state index contributed by atoms with van der Waals surface area (Å²) in [5, 5.41) is 4.15. The topological polar surface area (TPSA) is 44.7 Å². The van der Waals surface area contributed by atoms with E-state index in [1.54, 1.807) is 11.8 Å². The number of thioether (sulfide) groups is 1. The van der Waals surface area contributed by atoms with Crippen LogP contribution in [0.2, 0.25) is 0 Å². The Morgan fingerprint density at radius 2 is 1.88 bits per heavy atom. The van der Waals surface area contributed by atoms with Crippen LogP contribution >= 0.6 is 11.8 Å². The summed E-state index contributed by atoms with van der Waals surface area (Å²) in [5.74, 6) is 0.207. The molecular formula is C19H29N3OS. The van der Waals surface area contributed by atoms with E-state index in [-0.39, 0.29) is 17.1 Å². The summed E-state index contributed by atoms with van der Waals surface area (Å²) < 4.78 is 0. The number of benzene rings is 1. The number of hydrogen-bond donors (Lipinski definition) is 1. The first-order chi connectivity index (χ1) is 11.7. The smallest absolute Gasteiger partial charge is 0.262 e. The van der Waals surface area contributed by atoms with E-state index in [0.29, 0.717) is 0 Å². The fraction of sp³-hybridized carbons (Fsp3) is 0.579. The van der Waals surface area contributed by atoms with Gasteiger partial charge in [0.05, 0.1) is 0 Å². The number of amides is 1. The van der Waals surface area contributed by atoms with Crippen LogP contribution in [0.1, 0.15) is 44.7 Å². The fourth-order valence-corrected chi connectivity index (χ4v) is 4.11. The molecule has 3 rings (SSSR count). The Labute approximate surface area is 150 Å². The second kappa shape index (κ2) is 9.23. The van der Waals surface area contributed by atoms with Gasteiger partial charge >= 0.3 is 0 Å². The normalized spacial score (nSPS) is 21.8. The number of aryl methyl sites for hydroxylation is 1. The van der Waals surface area contributed by atoms with Gasteiger partial charge in [0.1, 0.15) is 5.25 Å². The van der Waals surface area contributed by atoms with E-state index in [1.807, 2.05) is 13.8 Å². The van der Waals surface area contributed by atoms with Crippen LogP contribution in [0, 0.1) is 0 Å². The third-order valence-electron chi connectivity index (χ3n) is 4.44. The summed E-state index contributed by atoms with van der Waals surface area (Å²) >= 11 is 1.64. The third-order valence-corrected chi connectivity index (χ3v) is 5.86. The average molecular weight is 348 g/mol. The molecule has 0 radical (unpaired) electrons. The standard InChI is InChI=1S/C17H23N3OS.C2H6/c1-3-13-4-6-14(7-5-13)12(2)15-16(21)19-17(22-15)20-10-8-18-9-11-20;1-2/h4-7,12,15,18H,3,8-11H2,1-2H3;1-2H3.